The monoisotopic (exact) mass is 397 g/mol. The lowest BCUT2D eigenvalue weighted by Gasteiger charge is -2.24. The molecule has 0 radical (unpaired) electrons. The summed E-state index contributed by atoms with van der Waals surface area (Å²) in [7, 11) is 3.16. The first-order valence-corrected chi connectivity index (χ1v) is 9.84. The largest absolute Gasteiger partial charge is 0.493 e. The summed E-state index contributed by atoms with van der Waals surface area (Å²) in [6.45, 7) is 0.550. The summed E-state index contributed by atoms with van der Waals surface area (Å²) >= 11 is 1.64. The molecular weight excluding hydrogens is 378 g/mol. The van der Waals surface area contributed by atoms with Crippen molar-refractivity contribution < 1.29 is 18.7 Å². The minimum Gasteiger partial charge on any atom is -0.493 e. The number of fused-ring (bicyclic) bond motifs is 1. The smallest absolute Gasteiger partial charge is 0.349 e. The van der Waals surface area contributed by atoms with Gasteiger partial charge >= 0.3 is 5.63 Å². The third-order valence-corrected chi connectivity index (χ3v) is 5.98. The van der Waals surface area contributed by atoms with Crippen LogP contribution in [0.5, 0.6) is 11.5 Å². The van der Waals surface area contributed by atoms with Gasteiger partial charge in [0.1, 0.15) is 16.5 Å². The second-order valence-electron chi connectivity index (χ2n) is 6.32. The molecule has 144 valence electrons. The van der Waals surface area contributed by atoms with Crippen LogP contribution in [0.25, 0.3) is 11.0 Å². The van der Waals surface area contributed by atoms with E-state index in [0.29, 0.717) is 23.6 Å². The summed E-state index contributed by atoms with van der Waals surface area (Å²) in [5.41, 5.74) is 0.813. The summed E-state index contributed by atoms with van der Waals surface area (Å²) < 4.78 is 16.0. The molecule has 1 aliphatic rings. The topological polar surface area (TPSA) is 69.0 Å². The quantitative estimate of drug-likeness (QED) is 0.626. The van der Waals surface area contributed by atoms with Crippen molar-refractivity contribution in [3.8, 4) is 11.5 Å². The van der Waals surface area contributed by atoms with E-state index in [-0.39, 0.29) is 16.8 Å². The molecule has 0 aliphatic carbocycles. The molecule has 0 spiro atoms. The molecule has 28 heavy (non-hydrogen) atoms. The van der Waals surface area contributed by atoms with Crippen molar-refractivity contribution in [3.63, 3.8) is 0 Å². The van der Waals surface area contributed by atoms with E-state index in [1.165, 1.54) is 0 Å². The normalized spacial score (nSPS) is 16.4. The number of benzene rings is 2. The van der Waals surface area contributed by atoms with Gasteiger partial charge in [-0.25, -0.2) is 4.79 Å². The molecule has 0 unspecified atom stereocenters. The second kappa shape index (κ2) is 7.59. The summed E-state index contributed by atoms with van der Waals surface area (Å²) in [5.74, 6) is 1.68. The zero-order chi connectivity index (χ0) is 19.7. The van der Waals surface area contributed by atoms with Gasteiger partial charge in [0.25, 0.3) is 5.91 Å². The van der Waals surface area contributed by atoms with E-state index in [2.05, 4.69) is 0 Å². The zero-order valence-corrected chi connectivity index (χ0v) is 16.3. The van der Waals surface area contributed by atoms with Crippen LogP contribution in [0.2, 0.25) is 0 Å². The maximum absolute atomic E-state index is 13.2. The lowest BCUT2D eigenvalue weighted by atomic mass is 10.1. The number of carbonyl (C=O) groups is 1. The summed E-state index contributed by atoms with van der Waals surface area (Å²) in [6.07, 6.45) is 0. The number of nitrogens with zero attached hydrogens (tertiary/aromatic N) is 1. The van der Waals surface area contributed by atoms with E-state index >= 15 is 0 Å². The molecule has 4 rings (SSSR count). The molecule has 0 saturated carbocycles. The lowest BCUT2D eigenvalue weighted by molar-refractivity contribution is 0.0756. The van der Waals surface area contributed by atoms with Crippen LogP contribution < -0.4 is 15.1 Å². The first-order valence-electron chi connectivity index (χ1n) is 8.80. The van der Waals surface area contributed by atoms with Gasteiger partial charge in [0.05, 0.1) is 14.2 Å². The van der Waals surface area contributed by atoms with Crippen LogP contribution in [0.4, 0.5) is 0 Å². The van der Waals surface area contributed by atoms with Gasteiger partial charge in [-0.2, -0.15) is 0 Å². The predicted molar refractivity (Wildman–Crippen MR) is 108 cm³/mol. The highest BCUT2D eigenvalue weighted by Gasteiger charge is 2.33. The van der Waals surface area contributed by atoms with Crippen LogP contribution in [-0.2, 0) is 0 Å². The number of para-hydroxylation sites is 1. The zero-order valence-electron chi connectivity index (χ0n) is 15.5. The third kappa shape index (κ3) is 3.22. The Bertz CT molecular complexity index is 1090. The minimum absolute atomic E-state index is 0.0478. The summed E-state index contributed by atoms with van der Waals surface area (Å²) in [4.78, 5) is 27.3. The Labute approximate surface area is 166 Å². The Morgan fingerprint density at radius 1 is 1.11 bits per heavy atom. The number of ether oxygens (including phenoxy) is 2. The van der Waals surface area contributed by atoms with Crippen molar-refractivity contribution in [2.24, 2.45) is 0 Å². The van der Waals surface area contributed by atoms with Gasteiger partial charge in [-0.1, -0.05) is 24.3 Å². The Morgan fingerprint density at radius 2 is 1.89 bits per heavy atom. The van der Waals surface area contributed by atoms with Gasteiger partial charge < -0.3 is 18.8 Å². The van der Waals surface area contributed by atoms with Crippen molar-refractivity contribution in [2.45, 2.75) is 5.37 Å². The highest BCUT2D eigenvalue weighted by atomic mass is 32.2. The molecule has 2 aromatic carbocycles. The van der Waals surface area contributed by atoms with Crippen LogP contribution >= 0.6 is 11.8 Å². The molecule has 7 heteroatoms. The van der Waals surface area contributed by atoms with Gasteiger partial charge in [0, 0.05) is 17.7 Å². The Hall–Kier alpha value is -2.93. The number of hydrogen-bond acceptors (Lipinski definition) is 6. The molecule has 1 aliphatic heterocycles. The van der Waals surface area contributed by atoms with Gasteiger partial charge in [-0.15, -0.1) is 11.8 Å². The van der Waals surface area contributed by atoms with Crippen molar-refractivity contribution in [1.29, 1.82) is 0 Å². The molecular formula is C21H19NO5S. The summed E-state index contributed by atoms with van der Waals surface area (Å²) in [6, 6.07) is 14.4. The van der Waals surface area contributed by atoms with E-state index in [1.807, 2.05) is 30.3 Å². The fraction of sp³-hybridized carbons (Fsp3) is 0.238. The highest BCUT2D eigenvalue weighted by molar-refractivity contribution is 7.99. The van der Waals surface area contributed by atoms with Crippen molar-refractivity contribution >= 4 is 28.6 Å². The molecule has 1 atom stereocenters. The second-order valence-corrected chi connectivity index (χ2v) is 7.51. The third-order valence-electron chi connectivity index (χ3n) is 4.72. The number of carbonyl (C=O) groups excluding carboxylic acids is 1. The number of rotatable bonds is 4. The van der Waals surface area contributed by atoms with Crippen LogP contribution in [0, 0.1) is 0 Å². The molecule has 2 heterocycles. The first-order chi connectivity index (χ1) is 13.6. The number of thioether (sulfide) groups is 1. The molecule has 1 fully saturated rings. The number of hydrogen-bond donors (Lipinski definition) is 0. The van der Waals surface area contributed by atoms with E-state index in [4.69, 9.17) is 13.9 Å². The average molecular weight is 397 g/mol. The number of amides is 1. The average Bonchev–Trinajstić information content (AvgIpc) is 3.22. The van der Waals surface area contributed by atoms with Crippen LogP contribution in [0.3, 0.4) is 0 Å². The van der Waals surface area contributed by atoms with Crippen molar-refractivity contribution in [2.75, 3.05) is 26.5 Å². The van der Waals surface area contributed by atoms with Crippen molar-refractivity contribution in [1.82, 2.24) is 4.90 Å². The molecule has 0 N–H and O–H groups in total. The van der Waals surface area contributed by atoms with Crippen LogP contribution in [-0.4, -0.2) is 37.3 Å². The predicted octanol–water partition coefficient (Wildman–Crippen LogP) is 3.70. The first kappa shape index (κ1) is 18.4. The summed E-state index contributed by atoms with van der Waals surface area (Å²) in [5, 5.41) is 0.512. The fourth-order valence-corrected chi connectivity index (χ4v) is 4.57. The van der Waals surface area contributed by atoms with Gasteiger partial charge in [-0.05, 0) is 29.8 Å². The van der Waals surface area contributed by atoms with Gasteiger partial charge in [-0.3, -0.25) is 4.79 Å². The molecule has 3 aromatic rings. The fourth-order valence-electron chi connectivity index (χ4n) is 3.33. The maximum atomic E-state index is 13.2. The van der Waals surface area contributed by atoms with E-state index < -0.39 is 5.63 Å². The Balaban J connectivity index is 1.70. The van der Waals surface area contributed by atoms with Crippen molar-refractivity contribution in [3.05, 3.63) is 70.1 Å². The van der Waals surface area contributed by atoms with Gasteiger partial charge in [0.2, 0.25) is 0 Å². The highest BCUT2D eigenvalue weighted by Crippen LogP contribution is 2.41. The Kier molecular flexibility index (Phi) is 5.00. The maximum Gasteiger partial charge on any atom is 0.349 e. The van der Waals surface area contributed by atoms with E-state index in [1.54, 1.807) is 49.1 Å². The number of methoxy groups -OCH3 is 2. The van der Waals surface area contributed by atoms with E-state index in [9.17, 15) is 9.59 Å². The molecule has 6 nitrogen and oxygen atoms in total. The lowest BCUT2D eigenvalue weighted by Crippen LogP contribution is -2.33. The molecule has 1 amide bonds. The molecule has 1 saturated heterocycles. The standard InChI is InChI=1S/C21H19NO5S/c1-25-17-8-7-14(12-18(17)26-2)20-22(9-10-28-20)19(23)15-11-13-5-3-4-6-16(13)27-21(15)24/h3-8,11-12,20H,9-10H2,1-2H3/t20-/m1/s1. The SMILES string of the molecule is COc1ccc([C@H]2SCCN2C(=O)c2cc3ccccc3oc2=O)cc1OC. The molecule has 1 aromatic heterocycles. The van der Waals surface area contributed by atoms with E-state index in [0.717, 1.165) is 16.7 Å². The minimum atomic E-state index is -0.619. The van der Waals surface area contributed by atoms with Gasteiger partial charge in [0.15, 0.2) is 11.5 Å². The van der Waals surface area contributed by atoms with Crippen LogP contribution in [0.15, 0.2) is 57.7 Å². The van der Waals surface area contributed by atoms with Crippen LogP contribution in [0.1, 0.15) is 21.3 Å². The molecule has 0 bridgehead atoms. The Morgan fingerprint density at radius 3 is 2.68 bits per heavy atom.